The highest BCUT2D eigenvalue weighted by Crippen LogP contribution is 2.13. The fourth-order valence-electron chi connectivity index (χ4n) is 4.39. The molecule has 2 amide bonds. The van der Waals surface area contributed by atoms with Crippen molar-refractivity contribution in [3.8, 4) is 0 Å². The van der Waals surface area contributed by atoms with Gasteiger partial charge in [-0.3, -0.25) is 29.2 Å². The van der Waals surface area contributed by atoms with Crippen molar-refractivity contribution in [1.82, 2.24) is 30.6 Å². The smallest absolute Gasteiger partial charge is 0.326 e. The highest BCUT2D eigenvalue weighted by Gasteiger charge is 2.24. The number of guanidine groups is 1. The van der Waals surface area contributed by atoms with Crippen molar-refractivity contribution in [2.24, 2.45) is 22.4 Å². The number of nitrogens with two attached hydrogens (primary N) is 3. The van der Waals surface area contributed by atoms with E-state index in [1.54, 1.807) is 19.1 Å². The molecule has 0 saturated carbocycles. The molecule has 11 N–H and O–H groups in total. The van der Waals surface area contributed by atoms with Gasteiger partial charge in [0, 0.05) is 42.6 Å². The molecule has 2 aromatic heterocycles. The van der Waals surface area contributed by atoms with Crippen LogP contribution in [0.1, 0.15) is 62.0 Å². The molecule has 17 heteroatoms. The number of amides is 2. The fourth-order valence-corrected chi connectivity index (χ4v) is 4.39. The minimum atomic E-state index is -1.30. The van der Waals surface area contributed by atoms with E-state index in [0.29, 0.717) is 30.8 Å². The molecule has 0 radical (unpaired) electrons. The highest BCUT2D eigenvalue weighted by molar-refractivity contribution is 5.97. The molecule has 2 heterocycles. The number of aliphatic carboxylic acids is 1. The maximum atomic E-state index is 12.8. The molecule has 0 aliphatic carbocycles. The van der Waals surface area contributed by atoms with Crippen molar-refractivity contribution in [2.75, 3.05) is 17.6 Å². The SMILES string of the molecule is C[C@H](CCCN=C(N)N)NC(=O)[C@H](C)CC(=O)CC[C@H](NC(=O)c1ccc(NCc2cnc3nc(N)[nH]c(=O)c3n2)cc1)C(=O)O. The van der Waals surface area contributed by atoms with Crippen LogP contribution in [0.3, 0.4) is 0 Å². The number of aliphatic imine (C=N–C) groups is 1. The number of aromatic amines is 1. The van der Waals surface area contributed by atoms with Gasteiger partial charge < -0.3 is 38.3 Å². The van der Waals surface area contributed by atoms with E-state index in [0.717, 1.165) is 0 Å². The quantitative estimate of drug-likeness (QED) is 0.0551. The molecule has 3 aromatic rings. The molecule has 246 valence electrons. The van der Waals surface area contributed by atoms with E-state index in [2.05, 4.69) is 40.9 Å². The second kappa shape index (κ2) is 16.5. The lowest BCUT2D eigenvalue weighted by Gasteiger charge is -2.18. The summed E-state index contributed by atoms with van der Waals surface area (Å²) >= 11 is 0. The van der Waals surface area contributed by atoms with Crippen LogP contribution in [0, 0.1) is 5.92 Å². The van der Waals surface area contributed by atoms with E-state index >= 15 is 0 Å². The summed E-state index contributed by atoms with van der Waals surface area (Å²) in [6, 6.07) is 4.81. The number of ketones is 1. The first kappa shape index (κ1) is 34.9. The Balaban J connectivity index is 1.45. The zero-order chi connectivity index (χ0) is 33.8. The standard InChI is InChI=1S/C29H39N11O6/c1-15(24(42)36-16(2)4-3-11-33-28(30)31)12-20(41)9-10-21(27(45)46)38-25(43)17-5-7-18(8-6-17)34-13-19-14-35-23-22(37-19)26(44)40-29(32)39-23/h5-8,14-16,21,34H,3-4,9-13H2,1-2H3,(H,36,42)(H,38,43)(H,45,46)(H4,30,31,33)(H3,32,35,39,40,44)/t15-,16-,21+/m1/s1. The zero-order valence-electron chi connectivity index (χ0n) is 25.6. The molecule has 0 aliphatic heterocycles. The van der Waals surface area contributed by atoms with Crippen molar-refractivity contribution in [1.29, 1.82) is 0 Å². The minimum absolute atomic E-state index is 0.00767. The van der Waals surface area contributed by atoms with Crippen LogP contribution in [0.5, 0.6) is 0 Å². The van der Waals surface area contributed by atoms with E-state index in [-0.39, 0.29) is 72.2 Å². The summed E-state index contributed by atoms with van der Waals surface area (Å²) in [5.41, 5.74) is 17.1. The van der Waals surface area contributed by atoms with Crippen molar-refractivity contribution in [3.63, 3.8) is 0 Å². The monoisotopic (exact) mass is 637 g/mol. The van der Waals surface area contributed by atoms with Gasteiger partial charge in [0.25, 0.3) is 11.5 Å². The average Bonchev–Trinajstić information content (AvgIpc) is 3.00. The Morgan fingerprint density at radius 2 is 1.76 bits per heavy atom. The number of benzene rings is 1. The third-order valence-electron chi connectivity index (χ3n) is 6.88. The molecule has 0 spiro atoms. The van der Waals surface area contributed by atoms with E-state index in [9.17, 15) is 29.1 Å². The molecule has 3 atom stereocenters. The number of aromatic nitrogens is 4. The predicted octanol–water partition coefficient (Wildman–Crippen LogP) is 0.0242. The van der Waals surface area contributed by atoms with Gasteiger partial charge in [-0.15, -0.1) is 0 Å². The van der Waals surface area contributed by atoms with Crippen LogP contribution in [-0.2, 0) is 20.9 Å². The van der Waals surface area contributed by atoms with Crippen LogP contribution in [-0.4, -0.2) is 73.2 Å². The lowest BCUT2D eigenvalue weighted by atomic mass is 9.98. The number of anilines is 2. The third-order valence-corrected chi connectivity index (χ3v) is 6.88. The number of carboxylic acid groups (broad SMARTS) is 1. The Labute approximate surface area is 263 Å². The van der Waals surface area contributed by atoms with Crippen LogP contribution in [0.2, 0.25) is 0 Å². The maximum Gasteiger partial charge on any atom is 0.326 e. The molecule has 0 saturated heterocycles. The van der Waals surface area contributed by atoms with Gasteiger partial charge in [-0.1, -0.05) is 6.92 Å². The first-order valence-electron chi connectivity index (χ1n) is 14.6. The van der Waals surface area contributed by atoms with Crippen molar-refractivity contribution < 1.29 is 24.3 Å². The number of carboxylic acids is 1. The summed E-state index contributed by atoms with van der Waals surface area (Å²) in [4.78, 5) is 80.2. The molecule has 0 unspecified atom stereocenters. The summed E-state index contributed by atoms with van der Waals surface area (Å²) in [6.45, 7) is 4.13. The number of H-pyrrole nitrogens is 1. The van der Waals surface area contributed by atoms with Crippen LogP contribution in [0.25, 0.3) is 11.2 Å². The number of rotatable bonds is 17. The molecule has 1 aromatic carbocycles. The second-order valence-corrected chi connectivity index (χ2v) is 10.8. The van der Waals surface area contributed by atoms with Crippen LogP contribution in [0.4, 0.5) is 11.6 Å². The Kier molecular flexibility index (Phi) is 12.5. The van der Waals surface area contributed by atoms with Gasteiger partial charge >= 0.3 is 5.97 Å². The first-order chi connectivity index (χ1) is 21.8. The number of carbonyl (C=O) groups is 4. The predicted molar refractivity (Wildman–Crippen MR) is 171 cm³/mol. The molecule has 0 bridgehead atoms. The van der Waals surface area contributed by atoms with Crippen LogP contribution >= 0.6 is 0 Å². The summed E-state index contributed by atoms with van der Waals surface area (Å²) in [6.07, 6.45) is 2.47. The summed E-state index contributed by atoms with van der Waals surface area (Å²) in [5.74, 6) is -3.14. The van der Waals surface area contributed by atoms with Gasteiger partial charge in [0.15, 0.2) is 17.1 Å². The number of Topliss-reactive ketones (excluding diaryl/α,β-unsaturated/α-hetero) is 1. The number of hydrogen-bond acceptors (Lipinski definition) is 11. The van der Waals surface area contributed by atoms with E-state index in [1.807, 2.05) is 6.92 Å². The molecule has 17 nitrogen and oxygen atoms in total. The van der Waals surface area contributed by atoms with Crippen molar-refractivity contribution in [2.45, 2.75) is 64.6 Å². The Morgan fingerprint density at radius 3 is 2.43 bits per heavy atom. The zero-order valence-corrected chi connectivity index (χ0v) is 25.6. The van der Waals surface area contributed by atoms with Gasteiger partial charge in [-0.05, 0) is 50.5 Å². The third kappa shape index (κ3) is 10.8. The second-order valence-electron chi connectivity index (χ2n) is 10.8. The number of hydrogen-bond donors (Lipinski definition) is 8. The fraction of sp³-hybridized carbons (Fsp3) is 0.414. The highest BCUT2D eigenvalue weighted by atomic mass is 16.4. The number of nitrogen functional groups attached to an aromatic ring is 1. The number of carbonyl (C=O) groups excluding carboxylic acids is 3. The van der Waals surface area contributed by atoms with Gasteiger partial charge in [0.2, 0.25) is 11.9 Å². The molecule has 0 fully saturated rings. The first-order valence-corrected chi connectivity index (χ1v) is 14.6. The Morgan fingerprint density at radius 1 is 1.04 bits per heavy atom. The molecule has 3 rings (SSSR count). The normalized spacial score (nSPS) is 12.8. The van der Waals surface area contributed by atoms with E-state index in [1.165, 1.54) is 18.3 Å². The molecular formula is C29H39N11O6. The number of nitrogens with zero attached hydrogens (tertiary/aromatic N) is 4. The maximum absolute atomic E-state index is 12.8. The summed E-state index contributed by atoms with van der Waals surface area (Å²) in [7, 11) is 0. The van der Waals surface area contributed by atoms with Gasteiger partial charge in [-0.2, -0.15) is 4.98 Å². The van der Waals surface area contributed by atoms with E-state index in [4.69, 9.17) is 17.2 Å². The van der Waals surface area contributed by atoms with E-state index < -0.39 is 29.4 Å². The molecule has 46 heavy (non-hydrogen) atoms. The number of fused-ring (bicyclic) bond motifs is 1. The summed E-state index contributed by atoms with van der Waals surface area (Å²) in [5, 5.41) is 18.0. The van der Waals surface area contributed by atoms with Gasteiger partial charge in [0.05, 0.1) is 18.4 Å². The lowest BCUT2D eigenvalue weighted by molar-refractivity contribution is -0.139. The summed E-state index contributed by atoms with van der Waals surface area (Å²) < 4.78 is 0. The van der Waals surface area contributed by atoms with Crippen LogP contribution < -0.4 is 38.7 Å². The Hall–Kier alpha value is -5.61. The molecular weight excluding hydrogens is 598 g/mol. The lowest BCUT2D eigenvalue weighted by Crippen LogP contribution is -2.41. The largest absolute Gasteiger partial charge is 0.480 e. The topological polar surface area (TPSA) is 287 Å². The van der Waals surface area contributed by atoms with Gasteiger partial charge in [-0.25, -0.2) is 14.8 Å². The number of nitrogens with one attached hydrogen (secondary N) is 4. The van der Waals surface area contributed by atoms with Crippen LogP contribution in [0.15, 0.2) is 40.2 Å². The van der Waals surface area contributed by atoms with Gasteiger partial charge in [0.1, 0.15) is 11.8 Å². The molecule has 0 aliphatic rings. The Bertz CT molecular complexity index is 1640. The minimum Gasteiger partial charge on any atom is -0.480 e. The average molecular weight is 638 g/mol. The van der Waals surface area contributed by atoms with Crippen molar-refractivity contribution >= 4 is 52.3 Å². The van der Waals surface area contributed by atoms with Crippen molar-refractivity contribution in [3.05, 3.63) is 52.1 Å².